The van der Waals surface area contributed by atoms with Gasteiger partial charge in [-0.3, -0.25) is 9.89 Å². The first-order chi connectivity index (χ1) is 7.75. The summed E-state index contributed by atoms with van der Waals surface area (Å²) in [6.07, 6.45) is 0.994. The molecule has 4 nitrogen and oxygen atoms in total. The van der Waals surface area contributed by atoms with E-state index >= 15 is 0 Å². The number of para-hydroxylation sites is 1. The lowest BCUT2D eigenvalue weighted by molar-refractivity contribution is -0.117. The van der Waals surface area contributed by atoms with Gasteiger partial charge in [-0.2, -0.15) is 5.10 Å². The number of aromatic nitrogens is 2. The lowest BCUT2D eigenvalue weighted by Crippen LogP contribution is -2.14. The molecule has 0 bridgehead atoms. The van der Waals surface area contributed by atoms with E-state index in [4.69, 9.17) is 0 Å². The monoisotopic (exact) mass is 215 g/mol. The van der Waals surface area contributed by atoms with Crippen molar-refractivity contribution in [2.45, 2.75) is 13.3 Å². The van der Waals surface area contributed by atoms with E-state index in [0.29, 0.717) is 11.7 Å². The molecule has 1 aromatic carbocycles. The highest BCUT2D eigenvalue weighted by atomic mass is 16.2. The van der Waals surface area contributed by atoms with E-state index in [1.165, 1.54) is 0 Å². The van der Waals surface area contributed by atoms with Crippen molar-refractivity contribution in [3.63, 3.8) is 0 Å². The van der Waals surface area contributed by atoms with Crippen LogP contribution in [-0.4, -0.2) is 16.1 Å². The quantitative estimate of drug-likeness (QED) is 0.806. The summed E-state index contributed by atoms with van der Waals surface area (Å²) in [5.41, 5.74) is 0.946. The summed E-state index contributed by atoms with van der Waals surface area (Å²) in [6.45, 7) is 2.09. The number of carbonyl (C=O) groups excluding carboxylic acids is 1. The Morgan fingerprint density at radius 3 is 3.00 bits per heavy atom. The first kappa shape index (κ1) is 9.39. The largest absolute Gasteiger partial charge is 0.308 e. The molecule has 1 amide bonds. The van der Waals surface area contributed by atoms with Crippen molar-refractivity contribution in [2.75, 3.05) is 5.32 Å². The van der Waals surface area contributed by atoms with Crippen LogP contribution in [-0.2, 0) is 4.79 Å². The molecule has 2 atom stereocenters. The Balaban J connectivity index is 1.86. The number of amides is 1. The summed E-state index contributed by atoms with van der Waals surface area (Å²) in [5.74, 6) is 1.42. The number of nitrogens with zero attached hydrogens (tertiary/aromatic N) is 1. The van der Waals surface area contributed by atoms with Crippen molar-refractivity contribution >= 4 is 22.6 Å². The molecule has 0 saturated heterocycles. The van der Waals surface area contributed by atoms with Crippen molar-refractivity contribution in [3.8, 4) is 0 Å². The number of nitrogens with one attached hydrogen (secondary N) is 2. The molecule has 1 saturated carbocycles. The molecule has 0 aliphatic heterocycles. The summed E-state index contributed by atoms with van der Waals surface area (Å²) in [7, 11) is 0. The van der Waals surface area contributed by atoms with Crippen molar-refractivity contribution in [1.82, 2.24) is 10.2 Å². The fourth-order valence-electron chi connectivity index (χ4n) is 1.96. The zero-order valence-corrected chi connectivity index (χ0v) is 9.03. The molecule has 16 heavy (non-hydrogen) atoms. The van der Waals surface area contributed by atoms with Gasteiger partial charge in [-0.25, -0.2) is 0 Å². The van der Waals surface area contributed by atoms with Crippen LogP contribution in [0.1, 0.15) is 13.3 Å². The van der Waals surface area contributed by atoms with Gasteiger partial charge in [-0.05, 0) is 24.5 Å². The van der Waals surface area contributed by atoms with Crippen molar-refractivity contribution in [2.24, 2.45) is 11.8 Å². The molecule has 3 rings (SSSR count). The van der Waals surface area contributed by atoms with Crippen LogP contribution in [0.3, 0.4) is 0 Å². The highest BCUT2D eigenvalue weighted by Gasteiger charge is 2.39. The molecule has 1 heterocycles. The fourth-order valence-corrected chi connectivity index (χ4v) is 1.96. The molecule has 82 valence electrons. The molecular weight excluding hydrogens is 202 g/mol. The molecule has 2 N–H and O–H groups in total. The summed E-state index contributed by atoms with van der Waals surface area (Å²) < 4.78 is 0. The highest BCUT2D eigenvalue weighted by molar-refractivity contribution is 6.01. The Morgan fingerprint density at radius 2 is 2.25 bits per heavy atom. The van der Waals surface area contributed by atoms with Crippen LogP contribution in [0.2, 0.25) is 0 Å². The lowest BCUT2D eigenvalue weighted by Gasteiger charge is -2.00. The molecule has 1 aromatic heterocycles. The molecule has 0 spiro atoms. The van der Waals surface area contributed by atoms with Crippen LogP contribution >= 0.6 is 0 Å². The standard InChI is InChI=1S/C12H13N3O/c1-7-6-9(7)12(16)13-11-8-4-2-3-5-10(8)14-15-11/h2-5,7,9H,6H2,1H3,(H2,13,14,15,16). The lowest BCUT2D eigenvalue weighted by atomic mass is 10.2. The van der Waals surface area contributed by atoms with Crippen molar-refractivity contribution in [3.05, 3.63) is 24.3 Å². The molecule has 4 heteroatoms. The van der Waals surface area contributed by atoms with E-state index in [-0.39, 0.29) is 11.8 Å². The maximum absolute atomic E-state index is 11.8. The van der Waals surface area contributed by atoms with Crippen LogP contribution in [0.25, 0.3) is 10.9 Å². The van der Waals surface area contributed by atoms with E-state index in [1.807, 2.05) is 24.3 Å². The van der Waals surface area contributed by atoms with Gasteiger partial charge in [0.15, 0.2) is 5.82 Å². The van der Waals surface area contributed by atoms with Crippen molar-refractivity contribution in [1.29, 1.82) is 0 Å². The third kappa shape index (κ3) is 1.46. The molecule has 2 aromatic rings. The van der Waals surface area contributed by atoms with Crippen LogP contribution in [0.5, 0.6) is 0 Å². The van der Waals surface area contributed by atoms with Gasteiger partial charge in [0.05, 0.1) is 5.52 Å². The average Bonchev–Trinajstić information content (AvgIpc) is 2.89. The van der Waals surface area contributed by atoms with Gasteiger partial charge in [-0.15, -0.1) is 0 Å². The molecule has 2 unspecified atom stereocenters. The predicted octanol–water partition coefficient (Wildman–Crippen LogP) is 2.16. The molecule has 0 radical (unpaired) electrons. The minimum Gasteiger partial charge on any atom is -0.308 e. The van der Waals surface area contributed by atoms with Gasteiger partial charge in [0.25, 0.3) is 0 Å². The van der Waals surface area contributed by atoms with Crippen LogP contribution in [0.15, 0.2) is 24.3 Å². The van der Waals surface area contributed by atoms with E-state index < -0.39 is 0 Å². The number of carbonyl (C=O) groups is 1. The molecule has 1 aliphatic carbocycles. The number of hydrogen-bond acceptors (Lipinski definition) is 2. The SMILES string of the molecule is CC1CC1C(=O)Nc1n[nH]c2ccccc12. The number of rotatable bonds is 2. The minimum absolute atomic E-state index is 0.0877. The summed E-state index contributed by atoms with van der Waals surface area (Å²) >= 11 is 0. The summed E-state index contributed by atoms with van der Waals surface area (Å²) in [6, 6.07) is 7.77. The van der Waals surface area contributed by atoms with Gasteiger partial charge in [0.2, 0.25) is 5.91 Å². The topological polar surface area (TPSA) is 57.8 Å². The van der Waals surface area contributed by atoms with Gasteiger partial charge in [0, 0.05) is 11.3 Å². The second-order valence-corrected chi connectivity index (χ2v) is 4.43. The normalized spacial score (nSPS) is 23.3. The fraction of sp³-hybridized carbons (Fsp3) is 0.333. The van der Waals surface area contributed by atoms with Gasteiger partial charge in [0.1, 0.15) is 0 Å². The van der Waals surface area contributed by atoms with Crippen LogP contribution in [0.4, 0.5) is 5.82 Å². The van der Waals surface area contributed by atoms with E-state index in [0.717, 1.165) is 17.3 Å². The Labute approximate surface area is 93.0 Å². The van der Waals surface area contributed by atoms with E-state index in [9.17, 15) is 4.79 Å². The Morgan fingerprint density at radius 1 is 1.50 bits per heavy atom. The number of anilines is 1. The Bertz CT molecular complexity index is 546. The minimum atomic E-state index is 0.0877. The number of H-pyrrole nitrogens is 1. The van der Waals surface area contributed by atoms with Gasteiger partial charge < -0.3 is 5.32 Å². The van der Waals surface area contributed by atoms with E-state index in [1.54, 1.807) is 0 Å². The number of fused-ring (bicyclic) bond motifs is 1. The maximum Gasteiger partial charge on any atom is 0.228 e. The molecular formula is C12H13N3O. The number of hydrogen-bond donors (Lipinski definition) is 2. The predicted molar refractivity (Wildman–Crippen MR) is 62.0 cm³/mol. The zero-order valence-electron chi connectivity index (χ0n) is 9.03. The summed E-state index contributed by atoms with van der Waals surface area (Å²) in [5, 5.41) is 10.9. The third-order valence-electron chi connectivity index (χ3n) is 3.16. The average molecular weight is 215 g/mol. The third-order valence-corrected chi connectivity index (χ3v) is 3.16. The van der Waals surface area contributed by atoms with E-state index in [2.05, 4.69) is 22.4 Å². The number of benzene rings is 1. The van der Waals surface area contributed by atoms with Crippen LogP contribution < -0.4 is 5.32 Å². The maximum atomic E-state index is 11.8. The Kier molecular flexibility index (Phi) is 1.96. The second-order valence-electron chi connectivity index (χ2n) is 4.43. The van der Waals surface area contributed by atoms with Crippen LogP contribution in [0, 0.1) is 11.8 Å². The first-order valence-corrected chi connectivity index (χ1v) is 5.49. The molecule has 1 aliphatic rings. The first-order valence-electron chi connectivity index (χ1n) is 5.49. The number of aromatic amines is 1. The Hall–Kier alpha value is -1.84. The van der Waals surface area contributed by atoms with Gasteiger partial charge in [-0.1, -0.05) is 19.1 Å². The molecule has 1 fully saturated rings. The summed E-state index contributed by atoms with van der Waals surface area (Å²) in [4.78, 5) is 11.8. The smallest absolute Gasteiger partial charge is 0.228 e. The van der Waals surface area contributed by atoms with Crippen molar-refractivity contribution < 1.29 is 4.79 Å². The van der Waals surface area contributed by atoms with Gasteiger partial charge >= 0.3 is 0 Å². The zero-order chi connectivity index (χ0) is 11.1. The highest BCUT2D eigenvalue weighted by Crippen LogP contribution is 2.38. The second kappa shape index (κ2) is 3.33.